The highest BCUT2D eigenvalue weighted by atomic mass is 79.9. The lowest BCUT2D eigenvalue weighted by Crippen LogP contribution is -2.02. The second-order valence-corrected chi connectivity index (χ2v) is 7.79. The van der Waals surface area contributed by atoms with Gasteiger partial charge in [-0.15, -0.1) is 0 Å². The van der Waals surface area contributed by atoms with Crippen molar-refractivity contribution in [3.63, 3.8) is 0 Å². The first-order chi connectivity index (χ1) is 9.79. The molecule has 0 amide bonds. The summed E-state index contributed by atoms with van der Waals surface area (Å²) in [4.78, 5) is -0.232. The summed E-state index contributed by atoms with van der Waals surface area (Å²) < 4.78 is 42.1. The highest BCUT2D eigenvalue weighted by Gasteiger charge is 2.18. The molecule has 0 unspecified atom stereocenters. The number of hydrogen-bond acceptors (Lipinski definition) is 3. The third kappa shape index (κ3) is 4.10. The smallest absolute Gasteiger partial charge is 0.265 e. The van der Waals surface area contributed by atoms with E-state index >= 15 is 0 Å². The summed E-state index contributed by atoms with van der Waals surface area (Å²) >= 11 is 8.85. The molecule has 0 saturated heterocycles. The van der Waals surface area contributed by atoms with Gasteiger partial charge in [-0.3, -0.25) is 0 Å². The van der Waals surface area contributed by atoms with E-state index in [9.17, 15) is 12.8 Å². The molecule has 0 heterocycles. The summed E-state index contributed by atoms with van der Waals surface area (Å²) in [5.41, 5.74) is 0.530. The Morgan fingerprint density at radius 2 is 1.95 bits per heavy atom. The molecule has 0 fully saturated rings. The van der Waals surface area contributed by atoms with E-state index < -0.39 is 14.9 Å². The predicted molar refractivity (Wildman–Crippen MR) is 82.9 cm³/mol. The molecule has 21 heavy (non-hydrogen) atoms. The van der Waals surface area contributed by atoms with E-state index in [2.05, 4.69) is 15.9 Å². The number of halogens is 4. The van der Waals surface area contributed by atoms with E-state index in [1.807, 2.05) is 0 Å². The third-order valence-electron chi connectivity index (χ3n) is 2.58. The van der Waals surface area contributed by atoms with Crippen LogP contribution in [0.25, 0.3) is 0 Å². The van der Waals surface area contributed by atoms with E-state index in [1.54, 1.807) is 6.07 Å². The Morgan fingerprint density at radius 1 is 1.24 bits per heavy atom. The molecule has 0 aliphatic rings. The Kier molecular flexibility index (Phi) is 5.14. The van der Waals surface area contributed by atoms with Crippen LogP contribution in [0.1, 0.15) is 5.56 Å². The molecule has 2 aromatic rings. The van der Waals surface area contributed by atoms with Crippen molar-refractivity contribution in [1.29, 1.82) is 0 Å². The predicted octanol–water partition coefficient (Wildman–Crippen LogP) is 4.75. The molecule has 0 aliphatic carbocycles. The van der Waals surface area contributed by atoms with Crippen LogP contribution < -0.4 is 4.74 Å². The van der Waals surface area contributed by atoms with Crippen LogP contribution in [-0.4, -0.2) is 8.42 Å². The first-order valence-corrected chi connectivity index (χ1v) is 9.07. The lowest BCUT2D eigenvalue weighted by molar-refractivity contribution is 0.296. The van der Waals surface area contributed by atoms with Crippen LogP contribution in [0, 0.1) is 5.82 Å². The van der Waals surface area contributed by atoms with E-state index in [4.69, 9.17) is 27.0 Å². The second-order valence-electron chi connectivity index (χ2n) is 4.03. The lowest BCUT2D eigenvalue weighted by atomic mass is 10.2. The topological polar surface area (TPSA) is 43.4 Å². The zero-order valence-electron chi connectivity index (χ0n) is 10.3. The van der Waals surface area contributed by atoms with E-state index in [0.29, 0.717) is 5.56 Å². The van der Waals surface area contributed by atoms with Crippen molar-refractivity contribution in [1.82, 2.24) is 0 Å². The molecular formula is C13H8BrCl2FO3S. The van der Waals surface area contributed by atoms with Crippen molar-refractivity contribution in [2.24, 2.45) is 0 Å². The zero-order chi connectivity index (χ0) is 15.6. The molecule has 2 rings (SSSR count). The fourth-order valence-corrected chi connectivity index (χ4v) is 3.22. The zero-order valence-corrected chi connectivity index (χ0v) is 14.2. The van der Waals surface area contributed by atoms with Gasteiger partial charge in [-0.2, -0.15) is 0 Å². The molecule has 0 saturated carbocycles. The van der Waals surface area contributed by atoms with Crippen LogP contribution in [0.2, 0.25) is 5.02 Å². The molecule has 0 bridgehead atoms. The van der Waals surface area contributed by atoms with Crippen LogP contribution in [0.15, 0.2) is 45.8 Å². The minimum Gasteiger partial charge on any atom is -0.487 e. The van der Waals surface area contributed by atoms with Gasteiger partial charge in [0, 0.05) is 21.3 Å². The summed E-state index contributed by atoms with van der Waals surface area (Å²) in [6.07, 6.45) is 0. The van der Waals surface area contributed by atoms with Crippen LogP contribution in [0.4, 0.5) is 4.39 Å². The van der Waals surface area contributed by atoms with Crippen LogP contribution in [0.3, 0.4) is 0 Å². The standard InChI is InChI=1S/C13H8BrCl2FO3S/c14-13-8(2-1-3-10(13)17)7-20-11-5-4-9(15)6-12(11)21(16,18)19/h1-6H,7H2. The van der Waals surface area contributed by atoms with Gasteiger partial charge < -0.3 is 4.74 Å². The summed E-state index contributed by atoms with van der Waals surface area (Å²) in [5.74, 6) is -0.386. The maximum atomic E-state index is 13.4. The van der Waals surface area contributed by atoms with Gasteiger partial charge in [0.2, 0.25) is 0 Å². The van der Waals surface area contributed by atoms with Gasteiger partial charge in [0.05, 0.1) is 4.47 Å². The molecule has 0 N–H and O–H groups in total. The van der Waals surface area contributed by atoms with Gasteiger partial charge in [-0.05, 0) is 40.2 Å². The van der Waals surface area contributed by atoms with Gasteiger partial charge in [0.15, 0.2) is 0 Å². The van der Waals surface area contributed by atoms with Crippen LogP contribution in [-0.2, 0) is 15.7 Å². The lowest BCUT2D eigenvalue weighted by Gasteiger charge is -2.11. The van der Waals surface area contributed by atoms with Crippen molar-refractivity contribution in [2.75, 3.05) is 0 Å². The summed E-state index contributed by atoms with van der Waals surface area (Å²) in [5, 5.41) is 0.216. The van der Waals surface area contributed by atoms with E-state index in [-0.39, 0.29) is 26.7 Å². The molecule has 112 valence electrons. The van der Waals surface area contributed by atoms with Gasteiger partial charge >= 0.3 is 0 Å². The summed E-state index contributed by atoms with van der Waals surface area (Å²) in [6, 6.07) is 8.54. The normalized spacial score (nSPS) is 11.4. The van der Waals surface area contributed by atoms with Gasteiger partial charge in [0.1, 0.15) is 23.1 Å². The quantitative estimate of drug-likeness (QED) is 0.679. The third-order valence-corrected chi connectivity index (χ3v) is 5.05. The number of ether oxygens (including phenoxy) is 1. The second kappa shape index (κ2) is 6.52. The van der Waals surface area contributed by atoms with Crippen molar-refractivity contribution in [2.45, 2.75) is 11.5 Å². The van der Waals surface area contributed by atoms with Crippen molar-refractivity contribution in [3.8, 4) is 5.75 Å². The molecule has 3 nitrogen and oxygen atoms in total. The average Bonchev–Trinajstić information content (AvgIpc) is 2.40. The molecule has 2 aromatic carbocycles. The van der Waals surface area contributed by atoms with Gasteiger partial charge in [-0.1, -0.05) is 23.7 Å². The number of hydrogen-bond donors (Lipinski definition) is 0. The SMILES string of the molecule is O=S(=O)(Cl)c1cc(Cl)ccc1OCc1cccc(F)c1Br. The average molecular weight is 414 g/mol. The highest BCUT2D eigenvalue weighted by molar-refractivity contribution is 9.10. The van der Waals surface area contributed by atoms with Crippen molar-refractivity contribution >= 4 is 47.3 Å². The fourth-order valence-electron chi connectivity index (χ4n) is 1.61. The maximum Gasteiger partial charge on any atom is 0.265 e. The Labute approximate surface area is 139 Å². The largest absolute Gasteiger partial charge is 0.487 e. The van der Waals surface area contributed by atoms with E-state index in [1.165, 1.54) is 30.3 Å². The van der Waals surface area contributed by atoms with Crippen molar-refractivity contribution in [3.05, 3.63) is 57.3 Å². The first kappa shape index (κ1) is 16.5. The molecular weight excluding hydrogens is 406 g/mol. The van der Waals surface area contributed by atoms with Crippen LogP contribution in [0.5, 0.6) is 5.75 Å². The fraction of sp³-hybridized carbons (Fsp3) is 0.0769. The molecule has 0 aliphatic heterocycles. The molecule has 8 heteroatoms. The summed E-state index contributed by atoms with van der Waals surface area (Å²) in [7, 11) is 1.34. The van der Waals surface area contributed by atoms with E-state index in [0.717, 1.165) is 0 Å². The molecule has 0 spiro atoms. The Morgan fingerprint density at radius 3 is 2.62 bits per heavy atom. The van der Waals surface area contributed by atoms with Crippen molar-refractivity contribution < 1.29 is 17.5 Å². The first-order valence-electron chi connectivity index (χ1n) is 5.59. The minimum absolute atomic E-state index is 0.0284. The van der Waals surface area contributed by atoms with Gasteiger partial charge in [-0.25, -0.2) is 12.8 Å². The monoisotopic (exact) mass is 412 g/mol. The minimum atomic E-state index is -4.00. The Bertz CT molecular complexity index is 781. The molecule has 0 aromatic heterocycles. The Hall–Kier alpha value is -0.820. The van der Waals surface area contributed by atoms with Gasteiger partial charge in [0.25, 0.3) is 9.05 Å². The summed E-state index contributed by atoms with van der Waals surface area (Å²) in [6.45, 7) is -0.0284. The number of benzene rings is 2. The Balaban J connectivity index is 2.31. The number of rotatable bonds is 4. The molecule has 0 atom stereocenters. The maximum absolute atomic E-state index is 13.4. The van der Waals surface area contributed by atoms with Crippen LogP contribution >= 0.6 is 38.2 Å². The molecule has 0 radical (unpaired) electrons. The highest BCUT2D eigenvalue weighted by Crippen LogP contribution is 2.31.